The maximum absolute atomic E-state index is 11.1. The lowest BCUT2D eigenvalue weighted by Gasteiger charge is -2.22. The minimum Gasteiger partial charge on any atom is -0.465 e. The monoisotopic (exact) mass is 503 g/mol. The number of thiazole rings is 1. The second kappa shape index (κ2) is 8.52. The maximum Gasteiger partial charge on any atom is 0.407 e. The van der Waals surface area contributed by atoms with E-state index in [2.05, 4.69) is 37.7 Å². The smallest absolute Gasteiger partial charge is 0.407 e. The number of nitrogens with one attached hydrogen (secondary N) is 1. The van der Waals surface area contributed by atoms with Crippen LogP contribution in [-0.2, 0) is 4.74 Å². The van der Waals surface area contributed by atoms with Crippen LogP contribution in [0.2, 0.25) is 0 Å². The van der Waals surface area contributed by atoms with Crippen molar-refractivity contribution < 1.29 is 14.6 Å². The van der Waals surface area contributed by atoms with Crippen LogP contribution in [-0.4, -0.2) is 66.8 Å². The number of piperidine rings is 1. The number of amides is 1. The molecule has 1 aromatic carbocycles. The van der Waals surface area contributed by atoms with Crippen molar-refractivity contribution in [1.82, 2.24) is 29.9 Å². The van der Waals surface area contributed by atoms with Crippen LogP contribution in [0.4, 0.5) is 10.6 Å². The number of anilines is 1. The highest BCUT2D eigenvalue weighted by Crippen LogP contribution is 2.47. The molecule has 184 valence electrons. The molecule has 1 saturated carbocycles. The Morgan fingerprint density at radius 2 is 1.97 bits per heavy atom. The van der Waals surface area contributed by atoms with Crippen molar-refractivity contribution in [1.29, 1.82) is 0 Å². The SMILES string of the molecule is O=C(O)N1CC2C(C1)C2Nc1ccc(-c2ccc(-c3cnn(C4CCCCO4)c3)c3ncsc23)nn1. The summed E-state index contributed by atoms with van der Waals surface area (Å²) in [5, 5.41) is 26.0. The fourth-order valence-electron chi connectivity index (χ4n) is 5.57. The molecule has 0 spiro atoms. The van der Waals surface area contributed by atoms with Crippen LogP contribution in [0.3, 0.4) is 0 Å². The average molecular weight is 504 g/mol. The molecular formula is C25H25N7O3S. The number of benzene rings is 1. The summed E-state index contributed by atoms with van der Waals surface area (Å²) in [6.45, 7) is 1.96. The lowest BCUT2D eigenvalue weighted by molar-refractivity contribution is -0.0394. The van der Waals surface area contributed by atoms with E-state index < -0.39 is 6.09 Å². The molecule has 3 aliphatic rings. The zero-order valence-corrected chi connectivity index (χ0v) is 20.3. The average Bonchev–Trinajstić information content (AvgIpc) is 3.44. The molecule has 2 N–H and O–H groups in total. The van der Waals surface area contributed by atoms with E-state index in [0.29, 0.717) is 24.9 Å². The molecule has 3 aromatic heterocycles. The highest BCUT2D eigenvalue weighted by atomic mass is 32.1. The Morgan fingerprint density at radius 1 is 1.11 bits per heavy atom. The summed E-state index contributed by atoms with van der Waals surface area (Å²) >= 11 is 1.59. The molecule has 2 aliphatic heterocycles. The van der Waals surface area contributed by atoms with Crippen molar-refractivity contribution in [3.8, 4) is 22.4 Å². The molecule has 1 amide bonds. The van der Waals surface area contributed by atoms with E-state index in [0.717, 1.165) is 64.3 Å². The first-order valence-electron chi connectivity index (χ1n) is 12.3. The van der Waals surface area contributed by atoms with Gasteiger partial charge in [0.1, 0.15) is 12.0 Å². The number of nitrogens with zero attached hydrogens (tertiary/aromatic N) is 6. The molecule has 1 aliphatic carbocycles. The van der Waals surface area contributed by atoms with Crippen molar-refractivity contribution in [3.63, 3.8) is 0 Å². The Balaban J connectivity index is 1.10. The first kappa shape index (κ1) is 21.7. The van der Waals surface area contributed by atoms with Crippen LogP contribution < -0.4 is 5.32 Å². The standard InChI is InChI=1S/C25H25N7O3S/c33-25(34)31-11-17-18(12-31)22(17)28-20-7-6-19(29-30-20)16-5-4-15(23-24(16)36-13-26-23)14-9-27-32(10-14)21-3-1-2-8-35-21/h4-7,9-10,13,17-18,21-22H,1-3,8,11-12H2,(H,28,30)(H,33,34). The normalized spacial score (nSPS) is 25.2. The van der Waals surface area contributed by atoms with Gasteiger partial charge in [0.15, 0.2) is 0 Å². The maximum atomic E-state index is 11.1. The fourth-order valence-corrected chi connectivity index (χ4v) is 6.41. The van der Waals surface area contributed by atoms with Gasteiger partial charge in [-0.2, -0.15) is 5.10 Å². The second-order valence-corrected chi connectivity index (χ2v) is 10.6. The molecule has 4 aromatic rings. The number of rotatable bonds is 5. The second-order valence-electron chi connectivity index (χ2n) is 9.71. The van der Waals surface area contributed by atoms with E-state index >= 15 is 0 Å². The molecule has 36 heavy (non-hydrogen) atoms. The summed E-state index contributed by atoms with van der Waals surface area (Å²) in [7, 11) is 0. The molecule has 3 fully saturated rings. The summed E-state index contributed by atoms with van der Waals surface area (Å²) in [6.07, 6.45) is 6.36. The Hall–Kier alpha value is -3.57. The number of hydrogen-bond acceptors (Lipinski definition) is 8. The number of ether oxygens (including phenoxy) is 1. The molecule has 10 nitrogen and oxygen atoms in total. The van der Waals surface area contributed by atoms with Gasteiger partial charge in [-0.15, -0.1) is 21.5 Å². The minimum atomic E-state index is -0.836. The predicted octanol–water partition coefficient (Wildman–Crippen LogP) is 4.34. The van der Waals surface area contributed by atoms with Crippen LogP contribution in [0.15, 0.2) is 42.2 Å². The first-order chi connectivity index (χ1) is 17.7. The molecule has 0 radical (unpaired) electrons. The lowest BCUT2D eigenvalue weighted by Crippen LogP contribution is -2.32. The number of likely N-dealkylation sites (tertiary alicyclic amines) is 1. The molecule has 5 heterocycles. The number of aromatic nitrogens is 5. The largest absolute Gasteiger partial charge is 0.465 e. The summed E-state index contributed by atoms with van der Waals surface area (Å²) in [6, 6.07) is 8.35. The van der Waals surface area contributed by atoms with Crippen molar-refractivity contribution in [2.75, 3.05) is 25.0 Å². The Labute approximate surface area is 210 Å². The number of fused-ring (bicyclic) bond motifs is 2. The molecule has 2 saturated heterocycles. The quantitative estimate of drug-likeness (QED) is 0.413. The molecule has 11 heteroatoms. The summed E-state index contributed by atoms with van der Waals surface area (Å²) in [4.78, 5) is 17.3. The number of carbonyl (C=O) groups is 1. The minimum absolute atomic E-state index is 0.00594. The van der Waals surface area contributed by atoms with E-state index in [-0.39, 0.29) is 12.3 Å². The molecule has 0 bridgehead atoms. The summed E-state index contributed by atoms with van der Waals surface area (Å²) < 4.78 is 8.86. The van der Waals surface area contributed by atoms with Gasteiger partial charge in [-0.1, -0.05) is 12.1 Å². The fraction of sp³-hybridized carbons (Fsp3) is 0.400. The third kappa shape index (κ3) is 3.70. The Kier molecular flexibility index (Phi) is 5.14. The van der Waals surface area contributed by atoms with Crippen LogP contribution in [0.1, 0.15) is 25.5 Å². The highest BCUT2D eigenvalue weighted by molar-refractivity contribution is 7.17. The lowest BCUT2D eigenvalue weighted by atomic mass is 10.0. The van der Waals surface area contributed by atoms with Gasteiger partial charge in [-0.05, 0) is 31.4 Å². The van der Waals surface area contributed by atoms with Crippen LogP contribution in [0.5, 0.6) is 0 Å². The number of carboxylic acid groups (broad SMARTS) is 1. The van der Waals surface area contributed by atoms with Gasteiger partial charge in [0.25, 0.3) is 0 Å². The van der Waals surface area contributed by atoms with Crippen LogP contribution in [0, 0.1) is 11.8 Å². The predicted molar refractivity (Wildman–Crippen MR) is 135 cm³/mol. The third-order valence-corrected chi connectivity index (χ3v) is 8.43. The summed E-state index contributed by atoms with van der Waals surface area (Å²) in [5.41, 5.74) is 6.65. The van der Waals surface area contributed by atoms with Gasteiger partial charge in [0, 0.05) is 60.5 Å². The van der Waals surface area contributed by atoms with Gasteiger partial charge in [0.05, 0.1) is 27.6 Å². The van der Waals surface area contributed by atoms with Crippen molar-refractivity contribution >= 4 is 33.5 Å². The van der Waals surface area contributed by atoms with Crippen molar-refractivity contribution in [2.45, 2.75) is 31.5 Å². The van der Waals surface area contributed by atoms with Crippen molar-refractivity contribution in [2.24, 2.45) is 11.8 Å². The zero-order chi connectivity index (χ0) is 24.2. The van der Waals surface area contributed by atoms with E-state index in [9.17, 15) is 4.79 Å². The number of hydrogen-bond donors (Lipinski definition) is 2. The van der Waals surface area contributed by atoms with Crippen LogP contribution in [0.25, 0.3) is 32.6 Å². The van der Waals surface area contributed by atoms with Gasteiger partial charge in [0.2, 0.25) is 0 Å². The van der Waals surface area contributed by atoms with E-state index in [4.69, 9.17) is 9.84 Å². The van der Waals surface area contributed by atoms with Gasteiger partial charge in [-0.25, -0.2) is 14.5 Å². The van der Waals surface area contributed by atoms with Gasteiger partial charge < -0.3 is 20.1 Å². The van der Waals surface area contributed by atoms with Gasteiger partial charge in [-0.3, -0.25) is 0 Å². The summed E-state index contributed by atoms with van der Waals surface area (Å²) in [5.74, 6) is 1.44. The zero-order valence-electron chi connectivity index (χ0n) is 19.4. The molecule has 3 unspecified atom stereocenters. The van der Waals surface area contributed by atoms with Crippen molar-refractivity contribution in [3.05, 3.63) is 42.2 Å². The van der Waals surface area contributed by atoms with E-state index in [1.807, 2.05) is 34.7 Å². The van der Waals surface area contributed by atoms with Gasteiger partial charge >= 0.3 is 6.09 Å². The van der Waals surface area contributed by atoms with Crippen LogP contribution >= 0.6 is 11.3 Å². The first-order valence-corrected chi connectivity index (χ1v) is 13.1. The Bertz CT molecular complexity index is 1420. The molecule has 3 atom stereocenters. The topological polar surface area (TPSA) is 118 Å². The van der Waals surface area contributed by atoms with E-state index in [1.54, 1.807) is 11.3 Å². The Morgan fingerprint density at radius 3 is 2.72 bits per heavy atom. The highest BCUT2D eigenvalue weighted by Gasteiger charge is 2.57. The van der Waals surface area contributed by atoms with E-state index in [1.165, 1.54) is 4.90 Å². The molecule has 7 rings (SSSR count). The molecular weight excluding hydrogens is 478 g/mol. The third-order valence-electron chi connectivity index (χ3n) is 7.57.